The lowest BCUT2D eigenvalue weighted by molar-refractivity contribution is -0.150. The maximum atomic E-state index is 12.8. The summed E-state index contributed by atoms with van der Waals surface area (Å²) in [6.07, 6.45) is 6.30. The van der Waals surface area contributed by atoms with Gasteiger partial charge in [0.1, 0.15) is 0 Å². The summed E-state index contributed by atoms with van der Waals surface area (Å²) < 4.78 is 6.02. The van der Waals surface area contributed by atoms with Crippen molar-refractivity contribution in [1.29, 1.82) is 0 Å². The Bertz CT molecular complexity index is 738. The minimum atomic E-state index is -0.822. The lowest BCUT2D eigenvalue weighted by Gasteiger charge is -2.36. The van der Waals surface area contributed by atoms with Gasteiger partial charge in [-0.05, 0) is 41.7 Å². The number of carbonyl (C=O) groups excluding carboxylic acids is 1. The monoisotopic (exact) mass is 337 g/mol. The van der Waals surface area contributed by atoms with E-state index < -0.39 is 5.60 Å². The number of aromatic nitrogens is 1. The van der Waals surface area contributed by atoms with Crippen molar-refractivity contribution in [2.45, 2.75) is 30.9 Å². The first-order valence-electron chi connectivity index (χ1n) is 8.90. The number of nitrogens with zero attached hydrogens (tertiary/aromatic N) is 1. The summed E-state index contributed by atoms with van der Waals surface area (Å²) in [7, 11) is 0. The summed E-state index contributed by atoms with van der Waals surface area (Å²) >= 11 is 0. The number of morpholine rings is 1. The minimum absolute atomic E-state index is 0.0107. The quantitative estimate of drug-likeness (QED) is 0.875. The number of amides is 1. The maximum Gasteiger partial charge on any atom is 0.254 e. The lowest BCUT2D eigenvalue weighted by Crippen LogP contribution is -2.60. The van der Waals surface area contributed by atoms with Crippen molar-refractivity contribution in [2.75, 3.05) is 19.7 Å². The predicted octanol–water partition coefficient (Wildman–Crippen LogP) is 1.93. The summed E-state index contributed by atoms with van der Waals surface area (Å²) in [5.41, 5.74) is 2.53. The van der Waals surface area contributed by atoms with Gasteiger partial charge in [-0.2, -0.15) is 0 Å². The Hall–Kier alpha value is -2.24. The fraction of sp³-hybridized carbons (Fsp3) is 0.400. The smallest absolute Gasteiger partial charge is 0.254 e. The van der Waals surface area contributed by atoms with Gasteiger partial charge in [0.05, 0.1) is 6.61 Å². The second-order valence-electron chi connectivity index (χ2n) is 6.88. The molecule has 1 aliphatic heterocycles. The second-order valence-corrected chi connectivity index (χ2v) is 6.88. The summed E-state index contributed by atoms with van der Waals surface area (Å²) in [5, 5.41) is 6.44. The molecule has 25 heavy (non-hydrogen) atoms. The summed E-state index contributed by atoms with van der Waals surface area (Å²) in [6, 6.07) is 12.6. The van der Waals surface area contributed by atoms with Gasteiger partial charge in [0.25, 0.3) is 5.91 Å². The number of hydrogen-bond donors (Lipinski definition) is 2. The number of benzene rings is 1. The zero-order chi connectivity index (χ0) is 17.1. The maximum absolute atomic E-state index is 12.8. The third-order valence-electron chi connectivity index (χ3n) is 4.82. The molecule has 2 aliphatic rings. The zero-order valence-corrected chi connectivity index (χ0v) is 14.2. The highest BCUT2D eigenvalue weighted by Gasteiger charge is 2.43. The van der Waals surface area contributed by atoms with E-state index >= 15 is 0 Å². The summed E-state index contributed by atoms with van der Waals surface area (Å²) in [6.45, 7) is 1.89. The van der Waals surface area contributed by atoms with Crippen molar-refractivity contribution in [3.63, 3.8) is 0 Å². The Labute approximate surface area is 147 Å². The van der Waals surface area contributed by atoms with Gasteiger partial charge in [0.2, 0.25) is 0 Å². The Kier molecular flexibility index (Phi) is 4.51. The van der Waals surface area contributed by atoms with Crippen LogP contribution in [0.2, 0.25) is 0 Å². The zero-order valence-electron chi connectivity index (χ0n) is 14.2. The van der Waals surface area contributed by atoms with Crippen molar-refractivity contribution in [3.05, 3.63) is 54.4 Å². The van der Waals surface area contributed by atoms with Crippen molar-refractivity contribution >= 4 is 5.91 Å². The Balaban J connectivity index is 1.58. The van der Waals surface area contributed by atoms with Crippen LogP contribution in [0.15, 0.2) is 48.8 Å². The van der Waals surface area contributed by atoms with Crippen molar-refractivity contribution in [3.8, 4) is 11.1 Å². The van der Waals surface area contributed by atoms with Crippen molar-refractivity contribution in [2.24, 2.45) is 0 Å². The third kappa shape index (κ3) is 3.72. The van der Waals surface area contributed by atoms with Crippen LogP contribution in [0.3, 0.4) is 0 Å². The van der Waals surface area contributed by atoms with Crippen LogP contribution in [0.1, 0.15) is 18.4 Å². The number of nitrogens with one attached hydrogen (secondary N) is 2. The Morgan fingerprint density at radius 3 is 2.80 bits per heavy atom. The van der Waals surface area contributed by atoms with Crippen LogP contribution >= 0.6 is 0 Å². The first-order valence-corrected chi connectivity index (χ1v) is 8.90. The van der Waals surface area contributed by atoms with Gasteiger partial charge in [0, 0.05) is 37.9 Å². The molecule has 0 radical (unpaired) electrons. The highest BCUT2D eigenvalue weighted by Crippen LogP contribution is 2.27. The van der Waals surface area contributed by atoms with Gasteiger partial charge < -0.3 is 15.4 Å². The molecule has 1 saturated heterocycles. The highest BCUT2D eigenvalue weighted by atomic mass is 16.5. The van der Waals surface area contributed by atoms with E-state index in [1.165, 1.54) is 0 Å². The molecule has 1 aromatic heterocycles. The fourth-order valence-electron chi connectivity index (χ4n) is 3.28. The van der Waals surface area contributed by atoms with Crippen LogP contribution in [0.25, 0.3) is 11.1 Å². The van der Waals surface area contributed by atoms with E-state index in [1.54, 1.807) is 12.4 Å². The van der Waals surface area contributed by atoms with E-state index in [0.717, 1.165) is 36.1 Å². The average Bonchev–Trinajstić information content (AvgIpc) is 3.47. The highest BCUT2D eigenvalue weighted by molar-refractivity contribution is 5.86. The van der Waals surface area contributed by atoms with Crippen LogP contribution in [0.5, 0.6) is 0 Å². The lowest BCUT2D eigenvalue weighted by atomic mass is 9.90. The SMILES string of the molecule is O=C(NC1CC1)[C@]1(Cc2cccc(-c3ccncc3)c2)CNCCO1. The number of ether oxygens (including phenoxy) is 1. The molecule has 1 saturated carbocycles. The molecule has 130 valence electrons. The molecule has 1 atom stereocenters. The minimum Gasteiger partial charge on any atom is -0.362 e. The van der Waals surface area contributed by atoms with E-state index in [9.17, 15) is 4.79 Å². The molecule has 0 unspecified atom stereocenters. The van der Waals surface area contributed by atoms with E-state index in [2.05, 4.69) is 33.8 Å². The number of hydrogen-bond acceptors (Lipinski definition) is 4. The first-order chi connectivity index (χ1) is 12.3. The van der Waals surface area contributed by atoms with Gasteiger partial charge >= 0.3 is 0 Å². The van der Waals surface area contributed by atoms with Gasteiger partial charge in [0.15, 0.2) is 5.60 Å². The largest absolute Gasteiger partial charge is 0.362 e. The molecule has 1 amide bonds. The van der Waals surface area contributed by atoms with Crippen LogP contribution < -0.4 is 10.6 Å². The molecule has 2 aromatic rings. The number of rotatable bonds is 5. The van der Waals surface area contributed by atoms with E-state index in [4.69, 9.17) is 4.74 Å². The van der Waals surface area contributed by atoms with Gasteiger partial charge in [-0.25, -0.2) is 0 Å². The molecule has 2 N–H and O–H groups in total. The molecule has 0 spiro atoms. The van der Waals surface area contributed by atoms with Crippen LogP contribution in [0.4, 0.5) is 0 Å². The van der Waals surface area contributed by atoms with Crippen molar-refractivity contribution in [1.82, 2.24) is 15.6 Å². The molecule has 4 rings (SSSR count). The normalized spacial score (nSPS) is 23.2. The van der Waals surface area contributed by atoms with Crippen LogP contribution in [-0.4, -0.2) is 42.2 Å². The van der Waals surface area contributed by atoms with Crippen LogP contribution in [-0.2, 0) is 16.0 Å². The van der Waals surface area contributed by atoms with E-state index in [-0.39, 0.29) is 5.91 Å². The summed E-state index contributed by atoms with van der Waals surface area (Å²) in [4.78, 5) is 16.9. The molecule has 1 aliphatic carbocycles. The molecule has 0 bridgehead atoms. The standard InChI is InChI=1S/C20H23N3O2/c24-19(23-18-4-5-18)20(14-22-10-11-25-20)13-15-2-1-3-17(12-15)16-6-8-21-9-7-16/h1-3,6-9,12,18,22H,4-5,10-11,13-14H2,(H,23,24)/t20-/m0/s1. The molecule has 1 aromatic carbocycles. The average molecular weight is 337 g/mol. The molecular formula is C20H23N3O2. The number of carbonyl (C=O) groups is 1. The first kappa shape index (κ1) is 16.2. The van der Waals surface area contributed by atoms with Gasteiger partial charge in [-0.1, -0.05) is 24.3 Å². The van der Waals surface area contributed by atoms with Crippen molar-refractivity contribution < 1.29 is 9.53 Å². The molecule has 2 heterocycles. The Morgan fingerprint density at radius 2 is 2.08 bits per heavy atom. The molecule has 2 fully saturated rings. The second kappa shape index (κ2) is 6.94. The van der Waals surface area contributed by atoms with Crippen LogP contribution in [0, 0.1) is 0 Å². The van der Waals surface area contributed by atoms with E-state index in [1.807, 2.05) is 18.2 Å². The molecular weight excluding hydrogens is 314 g/mol. The fourth-order valence-corrected chi connectivity index (χ4v) is 3.28. The van der Waals surface area contributed by atoms with Gasteiger partial charge in [-0.15, -0.1) is 0 Å². The summed E-state index contributed by atoms with van der Waals surface area (Å²) in [5.74, 6) is 0.0107. The molecule has 5 heteroatoms. The van der Waals surface area contributed by atoms with E-state index in [0.29, 0.717) is 25.6 Å². The topological polar surface area (TPSA) is 63.2 Å². The Morgan fingerprint density at radius 1 is 1.24 bits per heavy atom. The molecule has 5 nitrogen and oxygen atoms in total. The third-order valence-corrected chi connectivity index (χ3v) is 4.82. The number of pyridine rings is 1. The van der Waals surface area contributed by atoms with Gasteiger partial charge in [-0.3, -0.25) is 9.78 Å². The predicted molar refractivity (Wildman–Crippen MR) is 96.1 cm³/mol.